The molecule has 0 unspecified atom stereocenters. The van der Waals surface area contributed by atoms with Crippen LogP contribution in [-0.4, -0.2) is 5.91 Å². The molecule has 2 rings (SSSR count). The standard InChI is InChI=1S/C16H16Cl2N2O/c1-9(2)10-3-5-12(6-4-10)20-16(21)11-7-13(17)15(19)14(18)8-11/h3-9H,19H2,1-2H3,(H,20,21). The van der Waals surface area contributed by atoms with Gasteiger partial charge in [-0.1, -0.05) is 49.2 Å². The van der Waals surface area contributed by atoms with Crippen LogP contribution >= 0.6 is 23.2 Å². The smallest absolute Gasteiger partial charge is 0.255 e. The molecule has 2 aromatic rings. The summed E-state index contributed by atoms with van der Waals surface area (Å²) in [7, 11) is 0. The molecule has 0 aromatic heterocycles. The fourth-order valence-corrected chi connectivity index (χ4v) is 2.36. The number of benzene rings is 2. The van der Waals surface area contributed by atoms with Crippen LogP contribution in [-0.2, 0) is 0 Å². The summed E-state index contributed by atoms with van der Waals surface area (Å²) in [6.07, 6.45) is 0. The summed E-state index contributed by atoms with van der Waals surface area (Å²) in [5.41, 5.74) is 8.23. The van der Waals surface area contributed by atoms with Gasteiger partial charge in [-0.05, 0) is 35.7 Å². The number of hydrogen-bond donors (Lipinski definition) is 2. The average molecular weight is 323 g/mol. The molecule has 0 bridgehead atoms. The van der Waals surface area contributed by atoms with Crippen molar-refractivity contribution in [2.45, 2.75) is 19.8 Å². The van der Waals surface area contributed by atoms with Gasteiger partial charge in [0.25, 0.3) is 5.91 Å². The minimum absolute atomic E-state index is 0.266. The van der Waals surface area contributed by atoms with Crippen molar-refractivity contribution in [2.24, 2.45) is 0 Å². The summed E-state index contributed by atoms with van der Waals surface area (Å²) in [6, 6.07) is 10.7. The van der Waals surface area contributed by atoms with Gasteiger partial charge in [0, 0.05) is 11.3 Å². The van der Waals surface area contributed by atoms with Crippen molar-refractivity contribution >= 4 is 40.5 Å². The maximum absolute atomic E-state index is 12.2. The van der Waals surface area contributed by atoms with Crippen LogP contribution in [0.1, 0.15) is 35.7 Å². The number of carbonyl (C=O) groups is 1. The summed E-state index contributed by atoms with van der Waals surface area (Å²) < 4.78 is 0. The van der Waals surface area contributed by atoms with Crippen LogP contribution in [0.15, 0.2) is 36.4 Å². The summed E-state index contributed by atoms with van der Waals surface area (Å²) >= 11 is 11.9. The van der Waals surface area contributed by atoms with Crippen LogP contribution in [0, 0.1) is 0 Å². The minimum atomic E-state index is -0.281. The van der Waals surface area contributed by atoms with Crippen molar-refractivity contribution in [2.75, 3.05) is 11.1 Å². The largest absolute Gasteiger partial charge is 0.396 e. The number of amides is 1. The Bertz CT molecular complexity index is 643. The first-order chi connectivity index (χ1) is 9.88. The van der Waals surface area contributed by atoms with Gasteiger partial charge < -0.3 is 11.1 Å². The van der Waals surface area contributed by atoms with Gasteiger partial charge in [0.15, 0.2) is 0 Å². The third kappa shape index (κ3) is 3.69. The Morgan fingerprint density at radius 2 is 1.62 bits per heavy atom. The van der Waals surface area contributed by atoms with E-state index in [4.69, 9.17) is 28.9 Å². The van der Waals surface area contributed by atoms with Crippen molar-refractivity contribution < 1.29 is 4.79 Å². The lowest BCUT2D eigenvalue weighted by atomic mass is 10.0. The molecule has 5 heteroatoms. The van der Waals surface area contributed by atoms with Gasteiger partial charge in [-0.2, -0.15) is 0 Å². The van der Waals surface area contributed by atoms with Gasteiger partial charge in [0.05, 0.1) is 15.7 Å². The number of hydrogen-bond acceptors (Lipinski definition) is 2. The average Bonchev–Trinajstić information content (AvgIpc) is 2.44. The lowest BCUT2D eigenvalue weighted by Gasteiger charge is -2.10. The molecule has 0 spiro atoms. The SMILES string of the molecule is CC(C)c1ccc(NC(=O)c2cc(Cl)c(N)c(Cl)c2)cc1. The molecule has 110 valence electrons. The number of carbonyl (C=O) groups excluding carboxylic acids is 1. The molecule has 0 aliphatic carbocycles. The van der Waals surface area contributed by atoms with E-state index in [-0.39, 0.29) is 21.6 Å². The summed E-state index contributed by atoms with van der Waals surface area (Å²) in [6.45, 7) is 4.23. The first-order valence-electron chi connectivity index (χ1n) is 6.54. The molecular formula is C16H16Cl2N2O. The lowest BCUT2D eigenvalue weighted by molar-refractivity contribution is 0.102. The van der Waals surface area contributed by atoms with Gasteiger partial charge in [-0.15, -0.1) is 0 Å². The first-order valence-corrected chi connectivity index (χ1v) is 7.30. The van der Waals surface area contributed by atoms with Gasteiger partial charge >= 0.3 is 0 Å². The van der Waals surface area contributed by atoms with Gasteiger partial charge in [0.2, 0.25) is 0 Å². The van der Waals surface area contributed by atoms with E-state index in [0.717, 1.165) is 0 Å². The molecule has 2 aromatic carbocycles. The zero-order chi connectivity index (χ0) is 15.6. The van der Waals surface area contributed by atoms with E-state index in [2.05, 4.69) is 19.2 Å². The Morgan fingerprint density at radius 3 is 2.10 bits per heavy atom. The number of nitrogen functional groups attached to an aromatic ring is 1. The van der Waals surface area contributed by atoms with Crippen molar-refractivity contribution in [3.8, 4) is 0 Å². The predicted molar refractivity (Wildman–Crippen MR) is 89.4 cm³/mol. The van der Waals surface area contributed by atoms with Gasteiger partial charge in [-0.25, -0.2) is 0 Å². The minimum Gasteiger partial charge on any atom is -0.396 e. The molecule has 0 saturated carbocycles. The highest BCUT2D eigenvalue weighted by Crippen LogP contribution is 2.29. The maximum Gasteiger partial charge on any atom is 0.255 e. The Balaban J connectivity index is 2.18. The van der Waals surface area contributed by atoms with Crippen LogP contribution < -0.4 is 11.1 Å². The molecular weight excluding hydrogens is 307 g/mol. The number of rotatable bonds is 3. The second-order valence-electron chi connectivity index (χ2n) is 5.08. The van der Waals surface area contributed by atoms with Crippen LogP contribution in [0.4, 0.5) is 11.4 Å². The Kier molecular flexibility index (Phi) is 4.76. The van der Waals surface area contributed by atoms with Crippen LogP contribution in [0.25, 0.3) is 0 Å². The summed E-state index contributed by atoms with van der Waals surface area (Å²) in [5, 5.41) is 3.33. The number of anilines is 2. The quantitative estimate of drug-likeness (QED) is 0.785. The van der Waals surface area contributed by atoms with Gasteiger partial charge in [-0.3, -0.25) is 4.79 Å². The lowest BCUT2D eigenvalue weighted by Crippen LogP contribution is -2.12. The summed E-state index contributed by atoms with van der Waals surface area (Å²) in [5.74, 6) is 0.167. The normalized spacial score (nSPS) is 10.7. The van der Waals surface area contributed by atoms with E-state index in [1.165, 1.54) is 17.7 Å². The molecule has 0 fully saturated rings. The molecule has 21 heavy (non-hydrogen) atoms. The second kappa shape index (κ2) is 6.37. The topological polar surface area (TPSA) is 55.1 Å². The molecule has 3 N–H and O–H groups in total. The van der Waals surface area contributed by atoms with E-state index in [0.29, 0.717) is 17.2 Å². The van der Waals surface area contributed by atoms with Crippen molar-refractivity contribution in [1.82, 2.24) is 0 Å². The van der Waals surface area contributed by atoms with Crippen molar-refractivity contribution in [3.05, 3.63) is 57.6 Å². The molecule has 0 atom stereocenters. The Hall–Kier alpha value is -1.71. The van der Waals surface area contributed by atoms with Crippen LogP contribution in [0.2, 0.25) is 10.0 Å². The maximum atomic E-state index is 12.2. The highest BCUT2D eigenvalue weighted by molar-refractivity contribution is 6.39. The van der Waals surface area contributed by atoms with Gasteiger partial charge in [0.1, 0.15) is 0 Å². The zero-order valence-electron chi connectivity index (χ0n) is 11.8. The molecule has 0 heterocycles. The highest BCUT2D eigenvalue weighted by atomic mass is 35.5. The number of nitrogens with two attached hydrogens (primary N) is 1. The third-order valence-corrected chi connectivity index (χ3v) is 3.80. The van der Waals surface area contributed by atoms with Crippen molar-refractivity contribution in [3.63, 3.8) is 0 Å². The summed E-state index contributed by atoms with van der Waals surface area (Å²) in [4.78, 5) is 12.2. The third-order valence-electron chi connectivity index (χ3n) is 3.18. The molecule has 0 aliphatic heterocycles. The monoisotopic (exact) mass is 322 g/mol. The van der Waals surface area contributed by atoms with Crippen LogP contribution in [0.3, 0.4) is 0 Å². The highest BCUT2D eigenvalue weighted by Gasteiger charge is 2.11. The van der Waals surface area contributed by atoms with E-state index in [1.54, 1.807) is 0 Å². The molecule has 0 radical (unpaired) electrons. The van der Waals surface area contributed by atoms with Crippen LogP contribution in [0.5, 0.6) is 0 Å². The first kappa shape index (κ1) is 15.7. The van der Waals surface area contributed by atoms with E-state index in [9.17, 15) is 4.79 Å². The number of halogens is 2. The Labute approximate surface area is 134 Å². The number of nitrogens with one attached hydrogen (secondary N) is 1. The Morgan fingerprint density at radius 1 is 1.10 bits per heavy atom. The fourth-order valence-electron chi connectivity index (χ4n) is 1.87. The van der Waals surface area contributed by atoms with E-state index >= 15 is 0 Å². The predicted octanol–water partition coefficient (Wildman–Crippen LogP) is 4.95. The molecule has 0 aliphatic rings. The molecule has 1 amide bonds. The molecule has 3 nitrogen and oxygen atoms in total. The van der Waals surface area contributed by atoms with Crippen molar-refractivity contribution in [1.29, 1.82) is 0 Å². The zero-order valence-corrected chi connectivity index (χ0v) is 13.3. The van der Waals surface area contributed by atoms with E-state index in [1.807, 2.05) is 24.3 Å². The van der Waals surface area contributed by atoms with E-state index < -0.39 is 0 Å². The second-order valence-corrected chi connectivity index (χ2v) is 5.90. The molecule has 0 saturated heterocycles. The fraction of sp³-hybridized carbons (Fsp3) is 0.188.